The Bertz CT molecular complexity index is 1430. The number of nitrogens with zero attached hydrogens (tertiary/aromatic N) is 3. The molecule has 3 heterocycles. The average molecular weight is 509 g/mol. The minimum atomic E-state index is -3.09. The Morgan fingerprint density at radius 2 is 1.89 bits per heavy atom. The lowest BCUT2D eigenvalue weighted by Gasteiger charge is -2.34. The van der Waals surface area contributed by atoms with Gasteiger partial charge in [0.25, 0.3) is 5.91 Å². The summed E-state index contributed by atoms with van der Waals surface area (Å²) in [6.45, 7) is 2.40. The largest absolute Gasteiger partial charge is 0.435 e. The van der Waals surface area contributed by atoms with Gasteiger partial charge in [0.1, 0.15) is 15.6 Å². The van der Waals surface area contributed by atoms with Crippen molar-refractivity contribution in [3.05, 3.63) is 52.6 Å². The molecule has 0 aliphatic carbocycles. The normalized spacial score (nSPS) is 17.1. The van der Waals surface area contributed by atoms with Crippen LogP contribution in [0.1, 0.15) is 50.0 Å². The Balaban J connectivity index is 1.74. The number of hydrogen-bond donors (Lipinski definition) is 1. The Hall–Kier alpha value is -3.28. The maximum absolute atomic E-state index is 13.3. The molecule has 0 unspecified atom stereocenters. The van der Waals surface area contributed by atoms with Gasteiger partial charge in [-0.2, -0.15) is 8.78 Å². The van der Waals surface area contributed by atoms with Crippen LogP contribution in [-0.4, -0.2) is 52.1 Å². The lowest BCUT2D eigenvalue weighted by atomic mass is 9.94. The molecule has 1 aliphatic heterocycles. The molecular formula is C23H26F2N4O5S. The second kappa shape index (κ2) is 9.06. The van der Waals surface area contributed by atoms with Crippen LogP contribution in [-0.2, 0) is 9.84 Å². The lowest BCUT2D eigenvalue weighted by molar-refractivity contribution is -0.0498. The van der Waals surface area contributed by atoms with E-state index in [-0.39, 0.29) is 40.2 Å². The van der Waals surface area contributed by atoms with E-state index in [9.17, 15) is 26.8 Å². The van der Waals surface area contributed by atoms with Crippen molar-refractivity contribution in [3.8, 4) is 11.4 Å². The maximum atomic E-state index is 13.3. The summed E-state index contributed by atoms with van der Waals surface area (Å²) in [6.07, 6.45) is 1.95. The van der Waals surface area contributed by atoms with Gasteiger partial charge in [-0.1, -0.05) is 6.07 Å². The number of carbonyl (C=O) groups is 1. The predicted octanol–water partition coefficient (Wildman–Crippen LogP) is 3.07. The monoisotopic (exact) mass is 508 g/mol. The number of pyridine rings is 1. The van der Waals surface area contributed by atoms with E-state index >= 15 is 0 Å². The average Bonchev–Trinajstić information content (AvgIpc) is 3.07. The van der Waals surface area contributed by atoms with Crippen LogP contribution in [0.4, 0.5) is 8.78 Å². The fraction of sp³-hybridized carbons (Fsp3) is 0.435. The number of rotatable bonds is 6. The van der Waals surface area contributed by atoms with Gasteiger partial charge in [0.2, 0.25) is 0 Å². The number of benzene rings is 1. The third kappa shape index (κ3) is 5.07. The van der Waals surface area contributed by atoms with Gasteiger partial charge in [-0.25, -0.2) is 22.8 Å². The number of imidazole rings is 1. The van der Waals surface area contributed by atoms with Crippen LogP contribution in [0.15, 0.2) is 41.3 Å². The van der Waals surface area contributed by atoms with E-state index in [1.54, 1.807) is 32.9 Å². The molecule has 1 aliphatic rings. The van der Waals surface area contributed by atoms with E-state index in [1.165, 1.54) is 33.5 Å². The van der Waals surface area contributed by atoms with Gasteiger partial charge in [-0.05, 0) is 51.8 Å². The minimum Gasteiger partial charge on any atom is -0.435 e. The van der Waals surface area contributed by atoms with Crippen molar-refractivity contribution in [2.75, 3.05) is 11.5 Å². The number of sulfone groups is 1. The molecule has 4 rings (SSSR count). The van der Waals surface area contributed by atoms with Gasteiger partial charge < -0.3 is 10.1 Å². The second-order valence-electron chi connectivity index (χ2n) is 9.19. The number of ether oxygens (including phenoxy) is 1. The highest BCUT2D eigenvalue weighted by atomic mass is 32.2. The van der Waals surface area contributed by atoms with Crippen LogP contribution in [0.2, 0.25) is 0 Å². The van der Waals surface area contributed by atoms with Crippen molar-refractivity contribution >= 4 is 26.9 Å². The Kier molecular flexibility index (Phi) is 6.43. The van der Waals surface area contributed by atoms with Gasteiger partial charge in [0, 0.05) is 23.8 Å². The topological polar surface area (TPSA) is 112 Å². The summed E-state index contributed by atoms with van der Waals surface area (Å²) in [4.78, 5) is 30.7. The van der Waals surface area contributed by atoms with Crippen molar-refractivity contribution in [3.63, 3.8) is 0 Å². The van der Waals surface area contributed by atoms with E-state index in [0.29, 0.717) is 18.4 Å². The number of amides is 1. The van der Waals surface area contributed by atoms with Crippen molar-refractivity contribution in [2.45, 2.75) is 51.8 Å². The number of aromatic nitrogens is 3. The molecule has 1 aromatic carbocycles. The number of alkyl halides is 2. The maximum Gasteiger partial charge on any atom is 0.387 e. The number of fused-ring (bicyclic) bond motifs is 1. The van der Waals surface area contributed by atoms with E-state index in [0.717, 1.165) is 0 Å². The van der Waals surface area contributed by atoms with Crippen LogP contribution in [0.3, 0.4) is 0 Å². The summed E-state index contributed by atoms with van der Waals surface area (Å²) in [5.41, 5.74) is 0.0376. The highest BCUT2D eigenvalue weighted by Gasteiger charge is 2.35. The predicted molar refractivity (Wildman–Crippen MR) is 126 cm³/mol. The van der Waals surface area contributed by atoms with Gasteiger partial charge in [0.05, 0.1) is 28.3 Å². The molecule has 0 radical (unpaired) electrons. The summed E-state index contributed by atoms with van der Waals surface area (Å²) in [5, 5.41) is 2.92. The van der Waals surface area contributed by atoms with Crippen LogP contribution >= 0.6 is 0 Å². The van der Waals surface area contributed by atoms with Crippen LogP contribution in [0, 0.1) is 0 Å². The molecular weight excluding hydrogens is 482 g/mol. The number of carbonyl (C=O) groups excluding carboxylic acids is 1. The fourth-order valence-corrected chi connectivity index (χ4v) is 5.94. The molecule has 12 heteroatoms. The molecule has 1 amide bonds. The zero-order valence-electron chi connectivity index (χ0n) is 19.5. The molecule has 3 aromatic rings. The zero-order chi connectivity index (χ0) is 25.5. The smallest absolute Gasteiger partial charge is 0.387 e. The SMILES string of the molecule is CC(C)n1c(=O)n(-c2cccc(OC(F)F)c2)c2ncc(C(=O)NC3(C)CCS(=O)(=O)CC3)cc21. The molecule has 35 heavy (non-hydrogen) atoms. The summed E-state index contributed by atoms with van der Waals surface area (Å²) in [7, 11) is -3.09. The first-order valence-electron chi connectivity index (χ1n) is 11.1. The minimum absolute atomic E-state index is 0.00510. The van der Waals surface area contributed by atoms with Crippen LogP contribution in [0.25, 0.3) is 16.9 Å². The highest BCUT2D eigenvalue weighted by Crippen LogP contribution is 2.26. The van der Waals surface area contributed by atoms with Crippen molar-refractivity contribution in [1.82, 2.24) is 19.4 Å². The first-order valence-corrected chi connectivity index (χ1v) is 12.9. The lowest BCUT2D eigenvalue weighted by Crippen LogP contribution is -2.50. The van der Waals surface area contributed by atoms with Crippen LogP contribution < -0.4 is 15.7 Å². The van der Waals surface area contributed by atoms with Crippen LogP contribution in [0.5, 0.6) is 5.75 Å². The molecule has 0 saturated carbocycles. The molecule has 1 N–H and O–H groups in total. The number of hydrogen-bond acceptors (Lipinski definition) is 6. The number of halogens is 2. The van der Waals surface area contributed by atoms with Gasteiger partial charge in [-0.15, -0.1) is 0 Å². The van der Waals surface area contributed by atoms with E-state index in [2.05, 4.69) is 15.0 Å². The second-order valence-corrected chi connectivity index (χ2v) is 11.5. The fourth-order valence-electron chi connectivity index (χ4n) is 4.21. The van der Waals surface area contributed by atoms with Crippen molar-refractivity contribution < 1.29 is 26.7 Å². The van der Waals surface area contributed by atoms with E-state index in [4.69, 9.17) is 0 Å². The quantitative estimate of drug-likeness (QED) is 0.548. The summed E-state index contributed by atoms with van der Waals surface area (Å²) in [5.74, 6) is -0.520. The van der Waals surface area contributed by atoms with Crippen molar-refractivity contribution in [2.24, 2.45) is 0 Å². The molecule has 2 aromatic heterocycles. The Labute approximate surface area is 200 Å². The summed E-state index contributed by atoms with van der Waals surface area (Å²) >= 11 is 0. The summed E-state index contributed by atoms with van der Waals surface area (Å²) < 4.78 is 56.1. The van der Waals surface area contributed by atoms with E-state index in [1.807, 2.05) is 0 Å². The molecule has 9 nitrogen and oxygen atoms in total. The summed E-state index contributed by atoms with van der Waals surface area (Å²) in [6, 6.07) is 7.01. The molecule has 1 fully saturated rings. The van der Waals surface area contributed by atoms with Gasteiger partial charge in [-0.3, -0.25) is 9.36 Å². The molecule has 0 atom stereocenters. The molecule has 0 bridgehead atoms. The third-order valence-electron chi connectivity index (χ3n) is 6.14. The Morgan fingerprint density at radius 1 is 1.20 bits per heavy atom. The van der Waals surface area contributed by atoms with Gasteiger partial charge in [0.15, 0.2) is 5.65 Å². The third-order valence-corrected chi connectivity index (χ3v) is 7.79. The first-order chi connectivity index (χ1) is 16.4. The van der Waals surface area contributed by atoms with E-state index < -0.39 is 33.6 Å². The first kappa shape index (κ1) is 24.8. The number of nitrogens with one attached hydrogen (secondary N) is 1. The Morgan fingerprint density at radius 3 is 2.51 bits per heavy atom. The molecule has 188 valence electrons. The highest BCUT2D eigenvalue weighted by molar-refractivity contribution is 7.91. The zero-order valence-corrected chi connectivity index (χ0v) is 20.3. The standard InChI is InChI=1S/C23H26F2N4O5S/c1-14(2)28-18-11-15(20(30)27-23(3)7-9-35(32,33)10-8-23)13-26-19(18)29(22(28)31)16-5-4-6-17(12-16)34-21(24)25/h4-6,11-14,21H,7-10H2,1-3H3,(H,27,30). The molecule has 0 spiro atoms. The molecule has 1 saturated heterocycles. The van der Waals surface area contributed by atoms with Gasteiger partial charge >= 0.3 is 12.3 Å². The van der Waals surface area contributed by atoms with Crippen molar-refractivity contribution in [1.29, 1.82) is 0 Å².